The molecule has 1 saturated carbocycles. The van der Waals surface area contributed by atoms with Crippen molar-refractivity contribution in [3.05, 3.63) is 28.3 Å². The van der Waals surface area contributed by atoms with Crippen molar-refractivity contribution in [2.75, 3.05) is 11.6 Å². The summed E-state index contributed by atoms with van der Waals surface area (Å²) in [7, 11) is 0. The van der Waals surface area contributed by atoms with Gasteiger partial charge in [-0.15, -0.1) is 0 Å². The van der Waals surface area contributed by atoms with Crippen LogP contribution < -0.4 is 5.32 Å². The Morgan fingerprint density at radius 1 is 1.50 bits per heavy atom. The second kappa shape index (κ2) is 5.32. The molecular weight excluding hydrogens is 278 g/mol. The Bertz CT molecular complexity index is 643. The molecular formula is C13H15N3O3S. The van der Waals surface area contributed by atoms with Crippen molar-refractivity contribution in [3.8, 4) is 0 Å². The predicted octanol–water partition coefficient (Wildman–Crippen LogP) is 3.43. The molecule has 1 aliphatic carbocycles. The summed E-state index contributed by atoms with van der Waals surface area (Å²) in [5.74, 6) is 0. The Morgan fingerprint density at radius 3 is 3.10 bits per heavy atom. The van der Waals surface area contributed by atoms with E-state index >= 15 is 0 Å². The molecule has 0 amide bonds. The number of thioether (sulfide) groups is 1. The van der Waals surface area contributed by atoms with E-state index in [-0.39, 0.29) is 5.69 Å². The number of nitro benzene ring substituents is 1. The molecule has 20 heavy (non-hydrogen) atoms. The number of anilines is 1. The van der Waals surface area contributed by atoms with Crippen molar-refractivity contribution in [3.63, 3.8) is 0 Å². The zero-order valence-electron chi connectivity index (χ0n) is 11.0. The first-order valence-corrected chi connectivity index (χ1v) is 7.80. The van der Waals surface area contributed by atoms with E-state index in [2.05, 4.69) is 16.6 Å². The SMILES string of the molecule is CSC1CCCC1Nc1nc2ccc([N+](=O)[O-])cc2o1. The van der Waals surface area contributed by atoms with Crippen molar-refractivity contribution in [2.24, 2.45) is 0 Å². The van der Waals surface area contributed by atoms with Gasteiger partial charge in [-0.2, -0.15) is 16.7 Å². The van der Waals surface area contributed by atoms with Crippen molar-refractivity contribution in [1.29, 1.82) is 0 Å². The first kappa shape index (κ1) is 13.2. The average molecular weight is 293 g/mol. The topological polar surface area (TPSA) is 81.2 Å². The third kappa shape index (κ3) is 2.45. The second-order valence-electron chi connectivity index (χ2n) is 4.88. The van der Waals surface area contributed by atoms with Crippen LogP contribution >= 0.6 is 11.8 Å². The number of nitrogens with one attached hydrogen (secondary N) is 1. The van der Waals surface area contributed by atoms with Gasteiger partial charge in [-0.25, -0.2) is 0 Å². The van der Waals surface area contributed by atoms with Crippen LogP contribution in [0, 0.1) is 10.1 Å². The quantitative estimate of drug-likeness (QED) is 0.687. The van der Waals surface area contributed by atoms with Crippen LogP contribution in [0.3, 0.4) is 0 Å². The zero-order valence-corrected chi connectivity index (χ0v) is 11.9. The molecule has 0 aliphatic heterocycles. The van der Waals surface area contributed by atoms with Crippen LogP contribution in [-0.4, -0.2) is 27.5 Å². The molecule has 6 nitrogen and oxygen atoms in total. The number of oxazole rings is 1. The molecule has 2 atom stereocenters. The number of hydrogen-bond acceptors (Lipinski definition) is 6. The molecule has 2 unspecified atom stereocenters. The number of non-ortho nitro benzene ring substituents is 1. The van der Waals surface area contributed by atoms with Crippen LogP contribution in [0.4, 0.5) is 11.7 Å². The predicted molar refractivity (Wildman–Crippen MR) is 79.2 cm³/mol. The van der Waals surface area contributed by atoms with Crippen LogP contribution in [0.5, 0.6) is 0 Å². The minimum atomic E-state index is -0.435. The zero-order chi connectivity index (χ0) is 14.1. The van der Waals surface area contributed by atoms with Gasteiger partial charge in [-0.05, 0) is 25.2 Å². The number of aromatic nitrogens is 1. The fourth-order valence-corrected chi connectivity index (χ4v) is 3.56. The maximum atomic E-state index is 10.7. The summed E-state index contributed by atoms with van der Waals surface area (Å²) in [6.07, 6.45) is 5.61. The van der Waals surface area contributed by atoms with E-state index in [1.54, 1.807) is 6.07 Å². The van der Waals surface area contributed by atoms with E-state index in [4.69, 9.17) is 4.42 Å². The van der Waals surface area contributed by atoms with E-state index < -0.39 is 4.92 Å². The van der Waals surface area contributed by atoms with Gasteiger partial charge in [0.1, 0.15) is 5.52 Å². The Morgan fingerprint density at radius 2 is 2.35 bits per heavy atom. The molecule has 1 fully saturated rings. The average Bonchev–Trinajstić information content (AvgIpc) is 3.03. The molecule has 1 aliphatic rings. The molecule has 0 radical (unpaired) electrons. The summed E-state index contributed by atoms with van der Waals surface area (Å²) >= 11 is 1.85. The number of fused-ring (bicyclic) bond motifs is 1. The maximum Gasteiger partial charge on any atom is 0.295 e. The lowest BCUT2D eigenvalue weighted by Gasteiger charge is -2.17. The molecule has 1 aromatic heterocycles. The van der Waals surface area contributed by atoms with Gasteiger partial charge in [0.2, 0.25) is 0 Å². The Balaban J connectivity index is 1.84. The van der Waals surface area contributed by atoms with Gasteiger partial charge in [0.05, 0.1) is 11.0 Å². The van der Waals surface area contributed by atoms with Crippen molar-refractivity contribution in [1.82, 2.24) is 4.98 Å². The minimum absolute atomic E-state index is 0.0167. The summed E-state index contributed by atoms with van der Waals surface area (Å²) in [4.78, 5) is 14.6. The number of hydrogen-bond donors (Lipinski definition) is 1. The Kier molecular flexibility index (Phi) is 3.52. The third-order valence-electron chi connectivity index (χ3n) is 3.65. The molecule has 1 aromatic carbocycles. The summed E-state index contributed by atoms with van der Waals surface area (Å²) in [5.41, 5.74) is 1.10. The highest BCUT2D eigenvalue weighted by Gasteiger charge is 2.27. The smallest absolute Gasteiger partial charge is 0.295 e. The molecule has 7 heteroatoms. The lowest BCUT2D eigenvalue weighted by Crippen LogP contribution is -2.25. The molecule has 1 N–H and O–H groups in total. The largest absolute Gasteiger partial charge is 0.423 e. The van der Waals surface area contributed by atoms with E-state index in [9.17, 15) is 10.1 Å². The molecule has 2 aromatic rings. The van der Waals surface area contributed by atoms with E-state index in [0.29, 0.717) is 28.4 Å². The fourth-order valence-electron chi connectivity index (χ4n) is 2.62. The van der Waals surface area contributed by atoms with E-state index in [0.717, 1.165) is 6.42 Å². The van der Waals surface area contributed by atoms with Gasteiger partial charge in [-0.1, -0.05) is 6.42 Å². The van der Waals surface area contributed by atoms with Gasteiger partial charge >= 0.3 is 0 Å². The summed E-state index contributed by atoms with van der Waals surface area (Å²) in [5, 5.41) is 14.6. The second-order valence-corrected chi connectivity index (χ2v) is 5.96. The minimum Gasteiger partial charge on any atom is -0.423 e. The van der Waals surface area contributed by atoms with E-state index in [1.165, 1.54) is 25.0 Å². The number of nitro groups is 1. The standard InChI is InChI=1S/C13H15N3O3S/c1-20-12-4-2-3-10(12)15-13-14-9-6-5-8(16(17)18)7-11(9)19-13/h5-7,10,12H,2-4H2,1H3,(H,14,15). The molecule has 0 bridgehead atoms. The highest BCUT2D eigenvalue weighted by atomic mass is 32.2. The van der Waals surface area contributed by atoms with Crippen LogP contribution in [0.15, 0.2) is 22.6 Å². The van der Waals surface area contributed by atoms with Crippen LogP contribution in [0.25, 0.3) is 11.1 Å². The molecule has 1 heterocycles. The van der Waals surface area contributed by atoms with Gasteiger partial charge in [0, 0.05) is 17.4 Å². The number of rotatable bonds is 4. The third-order valence-corrected chi connectivity index (χ3v) is 4.82. The van der Waals surface area contributed by atoms with Gasteiger partial charge in [-0.3, -0.25) is 10.1 Å². The van der Waals surface area contributed by atoms with Crippen LogP contribution in [0.1, 0.15) is 19.3 Å². The van der Waals surface area contributed by atoms with Gasteiger partial charge in [0.25, 0.3) is 11.7 Å². The van der Waals surface area contributed by atoms with E-state index in [1.807, 2.05) is 11.8 Å². The van der Waals surface area contributed by atoms with Crippen molar-refractivity contribution >= 4 is 34.6 Å². The van der Waals surface area contributed by atoms with Crippen LogP contribution in [0.2, 0.25) is 0 Å². The molecule has 0 saturated heterocycles. The summed E-state index contributed by atoms with van der Waals surface area (Å²) in [6.45, 7) is 0. The highest BCUT2D eigenvalue weighted by molar-refractivity contribution is 7.99. The Hall–Kier alpha value is -1.76. The first-order chi connectivity index (χ1) is 9.67. The lowest BCUT2D eigenvalue weighted by molar-refractivity contribution is -0.384. The monoisotopic (exact) mass is 293 g/mol. The van der Waals surface area contributed by atoms with Gasteiger partial charge < -0.3 is 9.73 Å². The highest BCUT2D eigenvalue weighted by Crippen LogP contribution is 2.31. The summed E-state index contributed by atoms with van der Waals surface area (Å²) in [6, 6.07) is 5.27. The molecule has 0 spiro atoms. The van der Waals surface area contributed by atoms with Crippen molar-refractivity contribution in [2.45, 2.75) is 30.6 Å². The summed E-state index contributed by atoms with van der Waals surface area (Å²) < 4.78 is 5.58. The first-order valence-electron chi connectivity index (χ1n) is 6.51. The van der Waals surface area contributed by atoms with Gasteiger partial charge in [0.15, 0.2) is 5.58 Å². The number of benzene rings is 1. The molecule has 106 valence electrons. The van der Waals surface area contributed by atoms with Crippen molar-refractivity contribution < 1.29 is 9.34 Å². The number of nitrogens with zero attached hydrogens (tertiary/aromatic N) is 2. The molecule has 3 rings (SSSR count). The fraction of sp³-hybridized carbons (Fsp3) is 0.462. The normalized spacial score (nSPS) is 22.2. The lowest BCUT2D eigenvalue weighted by atomic mass is 10.2. The Labute approximate surface area is 120 Å². The maximum absolute atomic E-state index is 10.7. The van der Waals surface area contributed by atoms with Crippen LogP contribution in [-0.2, 0) is 0 Å².